The standard InChI is InChI=1S/C18H27N3O.2ClH/c22-18(17-8-3-4-10-19-17)20-11-5-12-21-13-9-15-6-1-2-7-16(15)14-21;;/h1-2,6-7,17,19H,3-5,8-14H2,(H,20,22);2*1H. The summed E-state index contributed by atoms with van der Waals surface area (Å²) in [4.78, 5) is 14.5. The Morgan fingerprint density at radius 1 is 1.21 bits per heavy atom. The van der Waals surface area contributed by atoms with Gasteiger partial charge < -0.3 is 10.6 Å². The molecule has 1 atom stereocenters. The van der Waals surface area contributed by atoms with Crippen LogP contribution in [0.1, 0.15) is 36.8 Å². The summed E-state index contributed by atoms with van der Waals surface area (Å²) < 4.78 is 0. The topological polar surface area (TPSA) is 44.4 Å². The summed E-state index contributed by atoms with van der Waals surface area (Å²) in [5, 5.41) is 6.38. The molecule has 0 saturated carbocycles. The first-order valence-corrected chi connectivity index (χ1v) is 8.63. The number of benzene rings is 1. The van der Waals surface area contributed by atoms with Crippen LogP contribution in [0.15, 0.2) is 24.3 Å². The Morgan fingerprint density at radius 3 is 2.75 bits per heavy atom. The van der Waals surface area contributed by atoms with Gasteiger partial charge in [0.15, 0.2) is 0 Å². The van der Waals surface area contributed by atoms with E-state index in [2.05, 4.69) is 39.8 Å². The van der Waals surface area contributed by atoms with E-state index in [1.165, 1.54) is 17.5 Å². The van der Waals surface area contributed by atoms with Crippen LogP contribution in [0.25, 0.3) is 0 Å². The van der Waals surface area contributed by atoms with Crippen LogP contribution < -0.4 is 10.6 Å². The number of carbonyl (C=O) groups is 1. The van der Waals surface area contributed by atoms with Crippen LogP contribution in [-0.4, -0.2) is 43.0 Å². The van der Waals surface area contributed by atoms with E-state index in [9.17, 15) is 4.79 Å². The predicted octanol–water partition coefficient (Wildman–Crippen LogP) is 2.54. The first-order valence-electron chi connectivity index (χ1n) is 8.63. The number of nitrogens with zero attached hydrogens (tertiary/aromatic N) is 1. The molecule has 1 aromatic carbocycles. The van der Waals surface area contributed by atoms with E-state index < -0.39 is 0 Å². The lowest BCUT2D eigenvalue weighted by Crippen LogP contribution is -2.47. The molecule has 1 aromatic rings. The summed E-state index contributed by atoms with van der Waals surface area (Å²) >= 11 is 0. The molecule has 3 rings (SSSR count). The first kappa shape index (κ1) is 21.2. The zero-order valence-electron chi connectivity index (χ0n) is 14.1. The number of amides is 1. The van der Waals surface area contributed by atoms with Gasteiger partial charge in [-0.25, -0.2) is 0 Å². The minimum absolute atomic E-state index is 0. The van der Waals surface area contributed by atoms with Gasteiger partial charge in [-0.05, 0) is 43.4 Å². The van der Waals surface area contributed by atoms with Crippen LogP contribution in [0.3, 0.4) is 0 Å². The summed E-state index contributed by atoms with van der Waals surface area (Å²) in [7, 11) is 0. The van der Waals surface area contributed by atoms with E-state index in [-0.39, 0.29) is 36.8 Å². The molecule has 1 amide bonds. The third-order valence-electron chi connectivity index (χ3n) is 4.79. The van der Waals surface area contributed by atoms with E-state index in [0.29, 0.717) is 0 Å². The largest absolute Gasteiger partial charge is 0.355 e. The lowest BCUT2D eigenvalue weighted by molar-refractivity contribution is -0.123. The molecular weight excluding hydrogens is 345 g/mol. The quantitative estimate of drug-likeness (QED) is 0.779. The molecule has 2 aliphatic heterocycles. The van der Waals surface area contributed by atoms with Gasteiger partial charge in [-0.3, -0.25) is 9.69 Å². The Hall–Kier alpha value is -0.810. The van der Waals surface area contributed by atoms with Gasteiger partial charge >= 0.3 is 0 Å². The number of carbonyl (C=O) groups excluding carboxylic acids is 1. The monoisotopic (exact) mass is 373 g/mol. The molecule has 2 aliphatic rings. The molecule has 2 N–H and O–H groups in total. The van der Waals surface area contributed by atoms with Gasteiger partial charge in [-0.2, -0.15) is 0 Å². The van der Waals surface area contributed by atoms with Crippen molar-refractivity contribution in [2.45, 2.75) is 44.7 Å². The molecule has 6 heteroatoms. The van der Waals surface area contributed by atoms with Crippen LogP contribution >= 0.6 is 24.8 Å². The SMILES string of the molecule is Cl.Cl.O=C(NCCCN1CCc2ccccc2C1)C1CCCCN1. The minimum Gasteiger partial charge on any atom is -0.355 e. The summed E-state index contributed by atoms with van der Waals surface area (Å²) in [5.41, 5.74) is 2.96. The molecule has 136 valence electrons. The maximum Gasteiger partial charge on any atom is 0.237 e. The van der Waals surface area contributed by atoms with Crippen LogP contribution in [0, 0.1) is 0 Å². The third kappa shape index (κ3) is 5.92. The van der Waals surface area contributed by atoms with Gasteiger partial charge in [0.2, 0.25) is 5.91 Å². The highest BCUT2D eigenvalue weighted by molar-refractivity contribution is 5.85. The highest BCUT2D eigenvalue weighted by Crippen LogP contribution is 2.18. The van der Waals surface area contributed by atoms with Gasteiger partial charge in [-0.15, -0.1) is 24.8 Å². The molecule has 24 heavy (non-hydrogen) atoms. The molecule has 1 fully saturated rings. The van der Waals surface area contributed by atoms with Crippen molar-refractivity contribution >= 4 is 30.7 Å². The lowest BCUT2D eigenvalue weighted by atomic mass is 10.00. The Bertz CT molecular complexity index is 507. The smallest absolute Gasteiger partial charge is 0.237 e. The van der Waals surface area contributed by atoms with Gasteiger partial charge in [0, 0.05) is 26.2 Å². The van der Waals surface area contributed by atoms with Crippen LogP contribution in [-0.2, 0) is 17.8 Å². The summed E-state index contributed by atoms with van der Waals surface area (Å²) in [6.45, 7) is 5.01. The molecule has 2 heterocycles. The van der Waals surface area contributed by atoms with Crippen molar-refractivity contribution < 1.29 is 4.79 Å². The molecule has 0 aliphatic carbocycles. The second kappa shape index (κ2) is 10.9. The van der Waals surface area contributed by atoms with Gasteiger partial charge in [0.25, 0.3) is 0 Å². The highest BCUT2D eigenvalue weighted by Gasteiger charge is 2.20. The molecule has 1 unspecified atom stereocenters. The zero-order chi connectivity index (χ0) is 15.2. The molecule has 0 spiro atoms. The molecule has 1 saturated heterocycles. The number of nitrogens with one attached hydrogen (secondary N) is 2. The van der Waals surface area contributed by atoms with Gasteiger partial charge in [-0.1, -0.05) is 30.7 Å². The lowest BCUT2D eigenvalue weighted by Gasteiger charge is -2.28. The van der Waals surface area contributed by atoms with Crippen molar-refractivity contribution in [3.8, 4) is 0 Å². The Balaban J connectivity index is 0.00000144. The summed E-state index contributed by atoms with van der Waals surface area (Å²) in [6.07, 6.45) is 5.52. The number of halogens is 2. The molecule has 0 bridgehead atoms. The number of fused-ring (bicyclic) bond motifs is 1. The van der Waals surface area contributed by atoms with Crippen molar-refractivity contribution in [1.29, 1.82) is 0 Å². The Labute approximate surface area is 157 Å². The fourth-order valence-electron chi connectivity index (χ4n) is 3.46. The highest BCUT2D eigenvalue weighted by atomic mass is 35.5. The van der Waals surface area contributed by atoms with Gasteiger partial charge in [0.1, 0.15) is 0 Å². The van der Waals surface area contributed by atoms with Crippen molar-refractivity contribution in [3.63, 3.8) is 0 Å². The first-order chi connectivity index (χ1) is 10.8. The number of piperidine rings is 1. The second-order valence-electron chi connectivity index (χ2n) is 6.44. The second-order valence-corrected chi connectivity index (χ2v) is 6.44. The van der Waals surface area contributed by atoms with Crippen molar-refractivity contribution in [1.82, 2.24) is 15.5 Å². The number of hydrogen-bond acceptors (Lipinski definition) is 3. The predicted molar refractivity (Wildman–Crippen MR) is 103 cm³/mol. The maximum absolute atomic E-state index is 12.0. The molecule has 4 nitrogen and oxygen atoms in total. The fraction of sp³-hybridized carbons (Fsp3) is 0.611. The Morgan fingerprint density at radius 2 is 2.00 bits per heavy atom. The number of rotatable bonds is 5. The molecule has 0 aromatic heterocycles. The average molecular weight is 374 g/mol. The normalized spacial score (nSPS) is 20.2. The van der Waals surface area contributed by atoms with Crippen molar-refractivity contribution in [3.05, 3.63) is 35.4 Å². The van der Waals surface area contributed by atoms with E-state index in [4.69, 9.17) is 0 Å². The molecule has 0 radical (unpaired) electrons. The maximum atomic E-state index is 12.0. The zero-order valence-corrected chi connectivity index (χ0v) is 15.8. The van der Waals surface area contributed by atoms with E-state index in [1.807, 2.05) is 0 Å². The van der Waals surface area contributed by atoms with Crippen LogP contribution in [0.2, 0.25) is 0 Å². The molecular formula is C18H29Cl2N3O. The summed E-state index contributed by atoms with van der Waals surface area (Å²) in [5.74, 6) is 0.184. The Kier molecular flexibility index (Phi) is 9.67. The van der Waals surface area contributed by atoms with Crippen LogP contribution in [0.5, 0.6) is 0 Å². The number of hydrogen-bond donors (Lipinski definition) is 2. The average Bonchev–Trinajstić information content (AvgIpc) is 2.59. The van der Waals surface area contributed by atoms with E-state index in [1.54, 1.807) is 0 Å². The summed E-state index contributed by atoms with van der Waals surface area (Å²) in [6, 6.07) is 8.76. The van der Waals surface area contributed by atoms with Crippen molar-refractivity contribution in [2.24, 2.45) is 0 Å². The third-order valence-corrected chi connectivity index (χ3v) is 4.79. The fourth-order valence-corrected chi connectivity index (χ4v) is 3.46. The van der Waals surface area contributed by atoms with Crippen LogP contribution in [0.4, 0.5) is 0 Å². The van der Waals surface area contributed by atoms with Gasteiger partial charge in [0.05, 0.1) is 6.04 Å². The van der Waals surface area contributed by atoms with E-state index in [0.717, 1.165) is 58.4 Å². The van der Waals surface area contributed by atoms with E-state index >= 15 is 0 Å². The van der Waals surface area contributed by atoms with Crippen molar-refractivity contribution in [2.75, 3.05) is 26.2 Å². The minimum atomic E-state index is 0.